The summed E-state index contributed by atoms with van der Waals surface area (Å²) >= 11 is 0. The third-order valence-corrected chi connectivity index (χ3v) is 3.36. The third-order valence-electron chi connectivity index (χ3n) is 3.36. The first-order valence-electron chi connectivity index (χ1n) is 7.32. The SMILES string of the molecule is CCN(CC)C(=O)c1ccc[n+](NC(=O)c2ccccc2)c1. The number of rotatable bonds is 5. The van der Waals surface area contributed by atoms with Gasteiger partial charge in [0.15, 0.2) is 6.20 Å². The molecule has 114 valence electrons. The summed E-state index contributed by atoms with van der Waals surface area (Å²) in [5.41, 5.74) is 3.84. The predicted molar refractivity (Wildman–Crippen MR) is 84.0 cm³/mol. The van der Waals surface area contributed by atoms with Gasteiger partial charge in [-0.3, -0.25) is 9.59 Å². The summed E-state index contributed by atoms with van der Waals surface area (Å²) in [7, 11) is 0. The Labute approximate surface area is 130 Å². The fourth-order valence-electron chi connectivity index (χ4n) is 2.14. The lowest BCUT2D eigenvalue weighted by molar-refractivity contribution is -0.641. The molecule has 1 aromatic carbocycles. The lowest BCUT2D eigenvalue weighted by Gasteiger charge is -2.17. The molecule has 0 fully saturated rings. The number of nitrogens with one attached hydrogen (secondary N) is 1. The summed E-state index contributed by atoms with van der Waals surface area (Å²) < 4.78 is 1.51. The maximum atomic E-state index is 12.3. The molecule has 0 saturated heterocycles. The van der Waals surface area contributed by atoms with Gasteiger partial charge in [0.1, 0.15) is 5.56 Å². The van der Waals surface area contributed by atoms with Crippen molar-refractivity contribution in [2.45, 2.75) is 13.8 Å². The molecule has 5 nitrogen and oxygen atoms in total. The van der Waals surface area contributed by atoms with Gasteiger partial charge in [0.2, 0.25) is 6.20 Å². The Bertz CT molecular complexity index is 652. The Morgan fingerprint density at radius 3 is 2.27 bits per heavy atom. The highest BCUT2D eigenvalue weighted by molar-refractivity contribution is 5.98. The fourth-order valence-corrected chi connectivity index (χ4v) is 2.14. The molecule has 0 radical (unpaired) electrons. The Morgan fingerprint density at radius 2 is 1.64 bits per heavy atom. The minimum absolute atomic E-state index is 0.0479. The molecule has 0 aliphatic heterocycles. The first-order chi connectivity index (χ1) is 10.7. The molecule has 0 aliphatic rings. The van der Waals surface area contributed by atoms with E-state index in [0.717, 1.165) is 0 Å². The Hall–Kier alpha value is -2.69. The topological polar surface area (TPSA) is 53.3 Å². The monoisotopic (exact) mass is 298 g/mol. The molecule has 0 spiro atoms. The Morgan fingerprint density at radius 1 is 1.00 bits per heavy atom. The maximum Gasteiger partial charge on any atom is 0.305 e. The summed E-state index contributed by atoms with van der Waals surface area (Å²) in [5.74, 6) is -0.272. The van der Waals surface area contributed by atoms with E-state index in [-0.39, 0.29) is 11.8 Å². The summed E-state index contributed by atoms with van der Waals surface area (Å²) in [6.45, 7) is 5.19. The van der Waals surface area contributed by atoms with Crippen LogP contribution >= 0.6 is 0 Å². The van der Waals surface area contributed by atoms with Gasteiger partial charge in [0.25, 0.3) is 5.91 Å². The number of pyridine rings is 1. The van der Waals surface area contributed by atoms with Crippen molar-refractivity contribution in [2.75, 3.05) is 18.5 Å². The molecule has 1 aromatic heterocycles. The van der Waals surface area contributed by atoms with Crippen LogP contribution in [0.3, 0.4) is 0 Å². The van der Waals surface area contributed by atoms with Crippen LogP contribution in [0.1, 0.15) is 34.6 Å². The molecule has 0 unspecified atom stereocenters. The number of carbonyl (C=O) groups is 2. The number of aromatic nitrogens is 1. The molecule has 0 bridgehead atoms. The van der Waals surface area contributed by atoms with Crippen LogP contribution in [0.15, 0.2) is 54.9 Å². The average molecular weight is 298 g/mol. The van der Waals surface area contributed by atoms with Crippen LogP contribution in [0.2, 0.25) is 0 Å². The number of amides is 2. The minimum Gasteiger partial charge on any atom is -0.339 e. The molecule has 2 amide bonds. The van der Waals surface area contributed by atoms with Gasteiger partial charge in [-0.2, -0.15) is 0 Å². The molecule has 2 aromatic rings. The highest BCUT2D eigenvalue weighted by Crippen LogP contribution is 2.02. The lowest BCUT2D eigenvalue weighted by atomic mass is 10.2. The van der Waals surface area contributed by atoms with E-state index in [1.54, 1.807) is 53.7 Å². The van der Waals surface area contributed by atoms with E-state index in [9.17, 15) is 9.59 Å². The minimum atomic E-state index is -0.224. The largest absolute Gasteiger partial charge is 0.339 e. The maximum absolute atomic E-state index is 12.3. The molecule has 5 heteroatoms. The smallest absolute Gasteiger partial charge is 0.305 e. The van der Waals surface area contributed by atoms with Gasteiger partial charge in [-0.25, -0.2) is 0 Å². The summed E-state index contributed by atoms with van der Waals surface area (Å²) in [6.07, 6.45) is 3.32. The number of hydrogen-bond donors (Lipinski definition) is 1. The lowest BCUT2D eigenvalue weighted by Crippen LogP contribution is -2.48. The zero-order valence-corrected chi connectivity index (χ0v) is 12.8. The molecular weight excluding hydrogens is 278 g/mol. The molecule has 0 saturated carbocycles. The van der Waals surface area contributed by atoms with E-state index in [2.05, 4.69) is 5.43 Å². The van der Waals surface area contributed by atoms with Crippen LogP contribution < -0.4 is 10.1 Å². The molecule has 22 heavy (non-hydrogen) atoms. The van der Waals surface area contributed by atoms with E-state index in [1.165, 1.54) is 4.68 Å². The van der Waals surface area contributed by atoms with Crippen molar-refractivity contribution >= 4 is 11.8 Å². The van der Waals surface area contributed by atoms with E-state index in [4.69, 9.17) is 0 Å². The van der Waals surface area contributed by atoms with E-state index in [1.807, 2.05) is 19.9 Å². The van der Waals surface area contributed by atoms with Gasteiger partial charge in [0.05, 0.1) is 0 Å². The van der Waals surface area contributed by atoms with Crippen molar-refractivity contribution in [2.24, 2.45) is 0 Å². The van der Waals surface area contributed by atoms with Gasteiger partial charge in [-0.1, -0.05) is 22.9 Å². The van der Waals surface area contributed by atoms with Gasteiger partial charge >= 0.3 is 5.91 Å². The van der Waals surface area contributed by atoms with E-state index < -0.39 is 0 Å². The second-order valence-electron chi connectivity index (χ2n) is 4.78. The first-order valence-corrected chi connectivity index (χ1v) is 7.32. The Kier molecular flexibility index (Phi) is 5.25. The number of hydrogen-bond acceptors (Lipinski definition) is 2. The van der Waals surface area contributed by atoms with Crippen molar-refractivity contribution in [3.63, 3.8) is 0 Å². The number of carbonyl (C=O) groups excluding carboxylic acids is 2. The van der Waals surface area contributed by atoms with Crippen molar-refractivity contribution < 1.29 is 14.3 Å². The van der Waals surface area contributed by atoms with Gasteiger partial charge in [-0.05, 0) is 32.0 Å². The zero-order valence-electron chi connectivity index (χ0n) is 12.8. The van der Waals surface area contributed by atoms with Crippen molar-refractivity contribution in [3.8, 4) is 0 Å². The number of benzene rings is 1. The standard InChI is InChI=1S/C17H19N3O2/c1-3-19(4-2)17(22)15-11-8-12-20(13-15)18-16(21)14-9-6-5-7-10-14/h5-13H,3-4H2,1-2H3/p+1. The van der Waals surface area contributed by atoms with Gasteiger partial charge in [0, 0.05) is 24.7 Å². The van der Waals surface area contributed by atoms with E-state index >= 15 is 0 Å². The second kappa shape index (κ2) is 7.36. The quantitative estimate of drug-likeness (QED) is 0.856. The second-order valence-corrected chi connectivity index (χ2v) is 4.78. The molecule has 1 N–H and O–H groups in total. The van der Waals surface area contributed by atoms with Crippen LogP contribution in [0.5, 0.6) is 0 Å². The summed E-state index contributed by atoms with van der Waals surface area (Å²) in [4.78, 5) is 26.2. The van der Waals surface area contributed by atoms with Gasteiger partial charge < -0.3 is 4.90 Å². The molecule has 2 rings (SSSR count). The Balaban J connectivity index is 2.15. The van der Waals surface area contributed by atoms with Crippen LogP contribution in [0.4, 0.5) is 0 Å². The first kappa shape index (κ1) is 15.7. The van der Waals surface area contributed by atoms with Crippen molar-refractivity contribution in [3.05, 3.63) is 66.0 Å². The normalized spacial score (nSPS) is 10.1. The van der Waals surface area contributed by atoms with Crippen molar-refractivity contribution in [1.29, 1.82) is 0 Å². The molecular formula is C17H20N3O2+. The van der Waals surface area contributed by atoms with Crippen LogP contribution in [0, 0.1) is 0 Å². The van der Waals surface area contributed by atoms with Gasteiger partial charge in [-0.15, -0.1) is 5.43 Å². The van der Waals surface area contributed by atoms with Crippen molar-refractivity contribution in [1.82, 2.24) is 4.90 Å². The third kappa shape index (κ3) is 3.69. The summed E-state index contributed by atoms with van der Waals surface area (Å²) in [5, 5.41) is 0. The highest BCUT2D eigenvalue weighted by Gasteiger charge is 2.17. The van der Waals surface area contributed by atoms with E-state index in [0.29, 0.717) is 24.2 Å². The van der Waals surface area contributed by atoms with Crippen LogP contribution in [0.25, 0.3) is 0 Å². The highest BCUT2D eigenvalue weighted by atomic mass is 16.2. The molecule has 0 atom stereocenters. The molecule has 0 aliphatic carbocycles. The van der Waals surface area contributed by atoms with Crippen LogP contribution in [-0.2, 0) is 0 Å². The fraction of sp³-hybridized carbons (Fsp3) is 0.235. The van der Waals surface area contributed by atoms with Crippen LogP contribution in [-0.4, -0.2) is 29.8 Å². The molecule has 1 heterocycles. The zero-order chi connectivity index (χ0) is 15.9. The number of nitrogens with zero attached hydrogens (tertiary/aromatic N) is 2. The summed E-state index contributed by atoms with van der Waals surface area (Å²) in [6, 6.07) is 12.4. The predicted octanol–water partition coefficient (Wildman–Crippen LogP) is 1.84. The average Bonchev–Trinajstić information content (AvgIpc) is 2.57.